The van der Waals surface area contributed by atoms with Gasteiger partial charge < -0.3 is 20.8 Å². The fourth-order valence-corrected chi connectivity index (χ4v) is 2.83. The Bertz CT molecular complexity index is 923. The lowest BCUT2D eigenvalue weighted by Gasteiger charge is -2.17. The number of hydrogen-bond acceptors (Lipinski definition) is 5. The molecular weight excluding hydrogens is 337 g/mol. The van der Waals surface area contributed by atoms with E-state index in [4.69, 9.17) is 10.2 Å². The molecule has 0 aliphatic carbocycles. The molecule has 2 amide bonds. The summed E-state index contributed by atoms with van der Waals surface area (Å²) in [6.07, 6.45) is 4.35. The maximum Gasteiger partial charge on any atom is 0.319 e. The maximum absolute atomic E-state index is 13.5. The van der Waals surface area contributed by atoms with Crippen molar-refractivity contribution in [2.24, 2.45) is 0 Å². The smallest absolute Gasteiger partial charge is 0.319 e. The second-order valence-electron chi connectivity index (χ2n) is 6.00. The van der Waals surface area contributed by atoms with E-state index in [-0.39, 0.29) is 17.8 Å². The fraction of sp³-hybridized carbons (Fsp3) is 0.278. The van der Waals surface area contributed by atoms with E-state index >= 15 is 0 Å². The molecule has 2 heterocycles. The first-order valence-corrected chi connectivity index (χ1v) is 8.31. The van der Waals surface area contributed by atoms with Crippen molar-refractivity contribution >= 4 is 28.6 Å². The molecule has 136 valence electrons. The second-order valence-corrected chi connectivity index (χ2v) is 6.00. The summed E-state index contributed by atoms with van der Waals surface area (Å²) >= 11 is 0. The summed E-state index contributed by atoms with van der Waals surface area (Å²) in [7, 11) is 0. The number of nitrogens with one attached hydrogen (secondary N) is 2. The molecule has 8 heteroatoms. The summed E-state index contributed by atoms with van der Waals surface area (Å²) in [6.45, 7) is 3.87. The van der Waals surface area contributed by atoms with Gasteiger partial charge in [-0.3, -0.25) is 0 Å². The van der Waals surface area contributed by atoms with Crippen molar-refractivity contribution in [2.75, 3.05) is 11.1 Å². The first-order chi connectivity index (χ1) is 12.5. The quantitative estimate of drug-likeness (QED) is 0.642. The molecule has 4 N–H and O–H groups in total. The molecule has 1 aromatic carbocycles. The lowest BCUT2D eigenvalue weighted by atomic mass is 10.0. The van der Waals surface area contributed by atoms with Crippen LogP contribution in [0.3, 0.4) is 0 Å². The monoisotopic (exact) mass is 357 g/mol. The van der Waals surface area contributed by atoms with Crippen molar-refractivity contribution in [2.45, 2.75) is 32.7 Å². The molecule has 2 aromatic heterocycles. The zero-order valence-corrected chi connectivity index (χ0v) is 14.5. The number of benzene rings is 1. The lowest BCUT2D eigenvalue weighted by Crippen LogP contribution is -2.32. The van der Waals surface area contributed by atoms with E-state index < -0.39 is 6.03 Å². The molecule has 1 atom stereocenters. The molecule has 0 unspecified atom stereocenters. The first kappa shape index (κ1) is 17.7. The van der Waals surface area contributed by atoms with Crippen LogP contribution in [0.5, 0.6) is 0 Å². The van der Waals surface area contributed by atoms with Crippen LogP contribution in [0.25, 0.3) is 11.0 Å². The predicted octanol–water partition coefficient (Wildman–Crippen LogP) is 3.92. The number of halogens is 1. The van der Waals surface area contributed by atoms with Crippen LogP contribution in [0, 0.1) is 12.7 Å². The summed E-state index contributed by atoms with van der Waals surface area (Å²) < 4.78 is 19.4. The van der Waals surface area contributed by atoms with Crippen molar-refractivity contribution < 1.29 is 13.6 Å². The summed E-state index contributed by atoms with van der Waals surface area (Å²) in [6, 6.07) is 3.63. The van der Waals surface area contributed by atoms with Crippen molar-refractivity contribution in [3.8, 4) is 0 Å². The van der Waals surface area contributed by atoms with Crippen LogP contribution < -0.4 is 16.4 Å². The molecule has 0 fully saturated rings. The Labute approximate surface area is 149 Å². The van der Waals surface area contributed by atoms with E-state index in [0.29, 0.717) is 28.8 Å². The number of nitrogen functional groups attached to an aromatic ring is 1. The van der Waals surface area contributed by atoms with Gasteiger partial charge in [0.2, 0.25) is 5.95 Å². The molecule has 3 aromatic rings. The number of urea groups is 1. The molecule has 26 heavy (non-hydrogen) atoms. The van der Waals surface area contributed by atoms with Gasteiger partial charge in [0.25, 0.3) is 0 Å². The van der Waals surface area contributed by atoms with Crippen LogP contribution in [-0.2, 0) is 0 Å². The molecule has 0 radical (unpaired) electrons. The summed E-state index contributed by atoms with van der Waals surface area (Å²) in [4.78, 5) is 20.0. The molecular formula is C18H20FN5O2. The number of carbonyl (C=O) groups is 1. The number of aromatic nitrogens is 2. The Morgan fingerprint density at radius 3 is 2.77 bits per heavy atom. The Hall–Kier alpha value is -3.16. The number of carbonyl (C=O) groups excluding carboxylic acids is 1. The van der Waals surface area contributed by atoms with Crippen LogP contribution in [0.2, 0.25) is 0 Å². The number of nitrogens with zero attached hydrogens (tertiary/aromatic N) is 2. The summed E-state index contributed by atoms with van der Waals surface area (Å²) in [5.41, 5.74) is 7.26. The van der Waals surface area contributed by atoms with Gasteiger partial charge in [0.05, 0.1) is 24.1 Å². The molecule has 0 bridgehead atoms. The van der Waals surface area contributed by atoms with Crippen molar-refractivity contribution in [3.05, 3.63) is 47.7 Å². The van der Waals surface area contributed by atoms with E-state index in [1.807, 2.05) is 13.8 Å². The normalized spacial score (nSPS) is 12.1. The highest BCUT2D eigenvalue weighted by Crippen LogP contribution is 2.32. The third-order valence-corrected chi connectivity index (χ3v) is 4.06. The third-order valence-electron chi connectivity index (χ3n) is 4.06. The number of aryl methyl sites for hydroxylation is 1. The SMILES string of the molecule is CCC[C@@H](NC(=O)Nc1cnc(N)nc1)c1oc2ccc(F)cc2c1C. The molecule has 0 aliphatic heterocycles. The number of anilines is 2. The average Bonchev–Trinajstić information content (AvgIpc) is 2.93. The number of nitrogens with two attached hydrogens (primary N) is 1. The molecule has 0 saturated heterocycles. The minimum atomic E-state index is -0.414. The number of furan rings is 1. The van der Waals surface area contributed by atoms with Crippen LogP contribution >= 0.6 is 0 Å². The average molecular weight is 357 g/mol. The van der Waals surface area contributed by atoms with Gasteiger partial charge in [-0.1, -0.05) is 13.3 Å². The zero-order valence-electron chi connectivity index (χ0n) is 14.5. The second kappa shape index (κ2) is 7.38. The first-order valence-electron chi connectivity index (χ1n) is 8.31. The number of hydrogen-bond donors (Lipinski definition) is 3. The van der Waals surface area contributed by atoms with Gasteiger partial charge in [0.1, 0.15) is 17.2 Å². The van der Waals surface area contributed by atoms with Gasteiger partial charge in [-0.05, 0) is 31.5 Å². The summed E-state index contributed by atoms with van der Waals surface area (Å²) in [5, 5.41) is 6.25. The van der Waals surface area contributed by atoms with Gasteiger partial charge in [-0.2, -0.15) is 0 Å². The van der Waals surface area contributed by atoms with Crippen molar-refractivity contribution in [1.82, 2.24) is 15.3 Å². The third kappa shape index (κ3) is 3.74. The highest BCUT2D eigenvalue weighted by molar-refractivity contribution is 5.89. The fourth-order valence-electron chi connectivity index (χ4n) is 2.83. The van der Waals surface area contributed by atoms with Crippen molar-refractivity contribution in [1.29, 1.82) is 0 Å². The van der Waals surface area contributed by atoms with Crippen LogP contribution in [0.15, 0.2) is 35.0 Å². The molecule has 0 spiro atoms. The molecule has 3 rings (SSSR count). The van der Waals surface area contributed by atoms with Crippen LogP contribution in [-0.4, -0.2) is 16.0 Å². The maximum atomic E-state index is 13.5. The van der Waals surface area contributed by atoms with E-state index in [1.165, 1.54) is 24.5 Å². The highest BCUT2D eigenvalue weighted by Gasteiger charge is 2.22. The number of rotatable bonds is 5. The number of fused-ring (bicyclic) bond motifs is 1. The highest BCUT2D eigenvalue weighted by atomic mass is 19.1. The zero-order chi connectivity index (χ0) is 18.7. The summed E-state index contributed by atoms with van der Waals surface area (Å²) in [5.74, 6) is 0.426. The van der Waals surface area contributed by atoms with Gasteiger partial charge in [-0.25, -0.2) is 19.2 Å². The Balaban J connectivity index is 1.81. The lowest BCUT2D eigenvalue weighted by molar-refractivity contribution is 0.245. The van der Waals surface area contributed by atoms with E-state index in [0.717, 1.165) is 12.0 Å². The topological polar surface area (TPSA) is 106 Å². The van der Waals surface area contributed by atoms with Crippen LogP contribution in [0.4, 0.5) is 20.8 Å². The largest absolute Gasteiger partial charge is 0.459 e. The van der Waals surface area contributed by atoms with E-state index in [1.54, 1.807) is 6.07 Å². The minimum absolute atomic E-state index is 0.130. The van der Waals surface area contributed by atoms with Crippen LogP contribution in [0.1, 0.15) is 37.1 Å². The van der Waals surface area contributed by atoms with Gasteiger partial charge in [0.15, 0.2) is 0 Å². The molecule has 7 nitrogen and oxygen atoms in total. The number of amides is 2. The van der Waals surface area contributed by atoms with E-state index in [9.17, 15) is 9.18 Å². The van der Waals surface area contributed by atoms with Gasteiger partial charge in [0, 0.05) is 10.9 Å². The van der Waals surface area contributed by atoms with E-state index in [2.05, 4.69) is 20.6 Å². The van der Waals surface area contributed by atoms with Gasteiger partial charge in [-0.15, -0.1) is 0 Å². The standard InChI is InChI=1S/C18H20FN5O2/c1-3-4-14(24-18(25)23-12-8-21-17(20)22-9-12)16-10(2)13-7-11(19)5-6-15(13)26-16/h5-9,14H,3-4H2,1-2H3,(H2,20,21,22)(H2,23,24,25)/t14-/m1/s1. The Kier molecular flexibility index (Phi) is 5.01. The van der Waals surface area contributed by atoms with Gasteiger partial charge >= 0.3 is 6.03 Å². The predicted molar refractivity (Wildman–Crippen MR) is 97.2 cm³/mol. The molecule has 0 saturated carbocycles. The minimum Gasteiger partial charge on any atom is -0.459 e. The van der Waals surface area contributed by atoms with Crippen molar-refractivity contribution in [3.63, 3.8) is 0 Å². The Morgan fingerprint density at radius 2 is 2.08 bits per heavy atom. The Morgan fingerprint density at radius 1 is 1.35 bits per heavy atom. The molecule has 0 aliphatic rings.